The van der Waals surface area contributed by atoms with Gasteiger partial charge in [0.15, 0.2) is 0 Å². The lowest BCUT2D eigenvalue weighted by atomic mass is 10.0. The van der Waals surface area contributed by atoms with Gasteiger partial charge >= 0.3 is 5.97 Å². The molecular formula is C20H21F2N3O3. The molecule has 1 saturated carbocycles. The highest BCUT2D eigenvalue weighted by Gasteiger charge is 2.47. The van der Waals surface area contributed by atoms with Gasteiger partial charge in [0.05, 0.1) is 17.9 Å². The van der Waals surface area contributed by atoms with Crippen LogP contribution in [0.3, 0.4) is 0 Å². The van der Waals surface area contributed by atoms with E-state index in [0.29, 0.717) is 38.0 Å². The van der Waals surface area contributed by atoms with E-state index in [1.807, 2.05) is 0 Å². The molecule has 8 heteroatoms. The standard InChI is InChI=1S/C20H21F2N3O3/c1-11-17(20(27)28)10-23-25(11)13-4-6-24(7-5-13)19(26)16-9-14(16)15-8-12(21)2-3-18(15)22/h2-3,8,10,13-14,16H,4-7,9H2,1H3,(H,27,28). The summed E-state index contributed by atoms with van der Waals surface area (Å²) in [6.45, 7) is 2.82. The molecule has 4 rings (SSSR count). The Kier molecular flexibility index (Phi) is 4.64. The maximum atomic E-state index is 13.9. The van der Waals surface area contributed by atoms with E-state index in [4.69, 9.17) is 5.11 Å². The SMILES string of the molecule is Cc1c(C(=O)O)cnn1C1CCN(C(=O)C2CC2c2cc(F)ccc2F)CC1. The molecule has 0 radical (unpaired) electrons. The minimum atomic E-state index is -0.999. The molecule has 28 heavy (non-hydrogen) atoms. The zero-order valence-corrected chi connectivity index (χ0v) is 15.4. The highest BCUT2D eigenvalue weighted by Crippen LogP contribution is 2.49. The van der Waals surface area contributed by atoms with Gasteiger partial charge in [0.2, 0.25) is 5.91 Å². The number of hydrogen-bond donors (Lipinski definition) is 1. The molecule has 1 aromatic heterocycles. The molecule has 2 aromatic rings. The topological polar surface area (TPSA) is 75.4 Å². The number of likely N-dealkylation sites (tertiary alicyclic amines) is 1. The van der Waals surface area contributed by atoms with Crippen molar-refractivity contribution in [2.24, 2.45) is 5.92 Å². The highest BCUT2D eigenvalue weighted by molar-refractivity contribution is 5.88. The van der Waals surface area contributed by atoms with E-state index in [2.05, 4.69) is 5.10 Å². The summed E-state index contributed by atoms with van der Waals surface area (Å²) in [5, 5.41) is 13.4. The smallest absolute Gasteiger partial charge is 0.339 e. The minimum absolute atomic E-state index is 0.0180. The number of hydrogen-bond acceptors (Lipinski definition) is 3. The van der Waals surface area contributed by atoms with Crippen LogP contribution in [0.25, 0.3) is 0 Å². The Bertz CT molecular complexity index is 935. The van der Waals surface area contributed by atoms with E-state index in [1.54, 1.807) is 16.5 Å². The van der Waals surface area contributed by atoms with Crippen molar-refractivity contribution < 1.29 is 23.5 Å². The molecule has 1 amide bonds. The molecule has 1 aromatic carbocycles. The Morgan fingerprint density at radius 3 is 2.57 bits per heavy atom. The summed E-state index contributed by atoms with van der Waals surface area (Å²) >= 11 is 0. The molecule has 2 unspecified atom stereocenters. The van der Waals surface area contributed by atoms with Crippen LogP contribution in [0.5, 0.6) is 0 Å². The van der Waals surface area contributed by atoms with Crippen LogP contribution in [0, 0.1) is 24.5 Å². The van der Waals surface area contributed by atoms with E-state index in [9.17, 15) is 18.4 Å². The van der Waals surface area contributed by atoms with Gasteiger partial charge in [-0.1, -0.05) is 0 Å². The molecule has 2 fully saturated rings. The first-order chi connectivity index (χ1) is 13.4. The van der Waals surface area contributed by atoms with Crippen LogP contribution in [0.1, 0.15) is 52.8 Å². The normalized spacial score (nSPS) is 22.3. The number of carboxylic acids is 1. The molecule has 2 heterocycles. The first-order valence-electron chi connectivity index (χ1n) is 9.38. The number of amides is 1. The van der Waals surface area contributed by atoms with Crippen molar-refractivity contribution in [3.05, 3.63) is 52.9 Å². The van der Waals surface area contributed by atoms with Crippen LogP contribution in [-0.2, 0) is 4.79 Å². The first kappa shape index (κ1) is 18.6. The number of carbonyl (C=O) groups is 2. The lowest BCUT2D eigenvalue weighted by Crippen LogP contribution is -2.40. The maximum absolute atomic E-state index is 13.9. The number of carboxylic acid groups (broad SMARTS) is 1. The minimum Gasteiger partial charge on any atom is -0.478 e. The Hall–Kier alpha value is -2.77. The zero-order valence-electron chi connectivity index (χ0n) is 15.4. The average Bonchev–Trinajstić information content (AvgIpc) is 3.37. The van der Waals surface area contributed by atoms with Crippen LogP contribution in [0.4, 0.5) is 8.78 Å². The third-order valence-corrected chi connectivity index (χ3v) is 5.86. The summed E-state index contributed by atoms with van der Waals surface area (Å²) in [7, 11) is 0. The number of carbonyl (C=O) groups excluding carboxylic acids is 1. The van der Waals surface area contributed by atoms with Crippen LogP contribution >= 0.6 is 0 Å². The number of nitrogens with zero attached hydrogens (tertiary/aromatic N) is 3. The summed E-state index contributed by atoms with van der Waals surface area (Å²) < 4.78 is 29.1. The predicted molar refractivity (Wildman–Crippen MR) is 96.0 cm³/mol. The molecule has 1 aliphatic carbocycles. The molecule has 6 nitrogen and oxygen atoms in total. The van der Waals surface area contributed by atoms with Gasteiger partial charge in [-0.15, -0.1) is 0 Å². The quantitative estimate of drug-likeness (QED) is 0.872. The lowest BCUT2D eigenvalue weighted by Gasteiger charge is -2.33. The second-order valence-electron chi connectivity index (χ2n) is 7.56. The van der Waals surface area contributed by atoms with Gasteiger partial charge in [-0.05, 0) is 55.9 Å². The van der Waals surface area contributed by atoms with E-state index in [-0.39, 0.29) is 34.9 Å². The van der Waals surface area contributed by atoms with E-state index < -0.39 is 17.6 Å². The summed E-state index contributed by atoms with van der Waals surface area (Å²) in [5.74, 6) is -2.53. The third kappa shape index (κ3) is 3.27. The number of halogens is 2. The van der Waals surface area contributed by atoms with Crippen LogP contribution in [0.15, 0.2) is 24.4 Å². The molecule has 0 bridgehead atoms. The summed E-state index contributed by atoms with van der Waals surface area (Å²) in [5.41, 5.74) is 1.08. The van der Waals surface area contributed by atoms with Crippen LogP contribution in [-0.4, -0.2) is 44.8 Å². The fourth-order valence-corrected chi connectivity index (χ4v) is 4.18. The van der Waals surface area contributed by atoms with E-state index in [1.165, 1.54) is 12.3 Å². The van der Waals surface area contributed by atoms with Gasteiger partial charge in [-0.25, -0.2) is 13.6 Å². The molecule has 1 saturated heterocycles. The van der Waals surface area contributed by atoms with Gasteiger partial charge < -0.3 is 10.0 Å². The number of aromatic carboxylic acids is 1. The molecule has 1 aliphatic heterocycles. The lowest BCUT2D eigenvalue weighted by molar-refractivity contribution is -0.134. The Morgan fingerprint density at radius 1 is 1.21 bits per heavy atom. The van der Waals surface area contributed by atoms with Crippen LogP contribution < -0.4 is 0 Å². The van der Waals surface area contributed by atoms with Crippen molar-refractivity contribution >= 4 is 11.9 Å². The largest absolute Gasteiger partial charge is 0.478 e. The second kappa shape index (κ2) is 7.00. The number of aromatic nitrogens is 2. The predicted octanol–water partition coefficient (Wildman–Crippen LogP) is 3.14. The Balaban J connectivity index is 1.37. The van der Waals surface area contributed by atoms with Gasteiger partial charge in [0.25, 0.3) is 0 Å². The summed E-state index contributed by atoms with van der Waals surface area (Å²) in [6.07, 6.45) is 3.26. The van der Waals surface area contributed by atoms with Crippen molar-refractivity contribution in [1.29, 1.82) is 0 Å². The fourth-order valence-electron chi connectivity index (χ4n) is 4.18. The molecule has 1 N–H and O–H groups in total. The third-order valence-electron chi connectivity index (χ3n) is 5.86. The zero-order chi connectivity index (χ0) is 20.0. The molecule has 2 atom stereocenters. The summed E-state index contributed by atoms with van der Waals surface area (Å²) in [6, 6.07) is 3.41. The van der Waals surface area contributed by atoms with Crippen molar-refractivity contribution in [1.82, 2.24) is 14.7 Å². The Labute approximate surface area is 160 Å². The summed E-state index contributed by atoms with van der Waals surface area (Å²) in [4.78, 5) is 25.7. The Morgan fingerprint density at radius 2 is 1.93 bits per heavy atom. The number of rotatable bonds is 4. The molecule has 148 valence electrons. The fraction of sp³-hybridized carbons (Fsp3) is 0.450. The molecular weight excluding hydrogens is 368 g/mol. The van der Waals surface area contributed by atoms with Gasteiger partial charge in [-0.2, -0.15) is 5.10 Å². The van der Waals surface area contributed by atoms with Crippen molar-refractivity contribution in [3.8, 4) is 0 Å². The van der Waals surface area contributed by atoms with Gasteiger partial charge in [-0.3, -0.25) is 9.48 Å². The van der Waals surface area contributed by atoms with E-state index >= 15 is 0 Å². The van der Waals surface area contributed by atoms with Crippen LogP contribution in [0.2, 0.25) is 0 Å². The monoisotopic (exact) mass is 389 g/mol. The second-order valence-corrected chi connectivity index (χ2v) is 7.56. The van der Waals surface area contributed by atoms with Gasteiger partial charge in [0, 0.05) is 19.0 Å². The van der Waals surface area contributed by atoms with Crippen molar-refractivity contribution in [2.75, 3.05) is 13.1 Å². The van der Waals surface area contributed by atoms with Gasteiger partial charge in [0.1, 0.15) is 17.2 Å². The highest BCUT2D eigenvalue weighted by atomic mass is 19.1. The van der Waals surface area contributed by atoms with E-state index in [0.717, 1.165) is 12.1 Å². The maximum Gasteiger partial charge on any atom is 0.339 e. The number of piperidine rings is 1. The number of benzene rings is 1. The van der Waals surface area contributed by atoms with Crippen molar-refractivity contribution in [2.45, 2.75) is 38.1 Å². The first-order valence-corrected chi connectivity index (χ1v) is 9.38. The molecule has 2 aliphatic rings. The molecule has 0 spiro atoms. The van der Waals surface area contributed by atoms with Crippen molar-refractivity contribution in [3.63, 3.8) is 0 Å². The average molecular weight is 389 g/mol.